The zero-order valence-electron chi connectivity index (χ0n) is 6.26. The van der Waals surface area contributed by atoms with E-state index in [1.165, 1.54) is 6.08 Å². The minimum atomic E-state index is 0.411. The molecule has 1 aliphatic heterocycles. The predicted molar refractivity (Wildman–Crippen MR) is 41.5 cm³/mol. The second-order valence-corrected chi connectivity index (χ2v) is 2.48. The molecule has 58 valence electrons. The first-order valence-electron chi connectivity index (χ1n) is 3.71. The molecule has 0 saturated carbocycles. The molecule has 0 amide bonds. The Morgan fingerprint density at radius 1 is 1.36 bits per heavy atom. The maximum atomic E-state index is 9.64. The van der Waals surface area contributed by atoms with E-state index in [4.69, 9.17) is 0 Å². The molecule has 0 atom stereocenters. The summed E-state index contributed by atoms with van der Waals surface area (Å²) in [5, 5.41) is 3.23. The molecule has 1 N–H and O–H groups in total. The van der Waals surface area contributed by atoms with Gasteiger partial charge in [-0.3, -0.25) is 0 Å². The summed E-state index contributed by atoms with van der Waals surface area (Å²) in [5.74, 6) is 3.31. The van der Waals surface area contributed by atoms with Gasteiger partial charge in [-0.15, -0.1) is 4.99 Å². The summed E-state index contributed by atoms with van der Waals surface area (Å²) in [7, 11) is 0. The smallest absolute Gasteiger partial charge is 0.249 e. The predicted octanol–water partition coefficient (Wildman–Crippen LogP) is 0.283. The molecule has 0 spiro atoms. The van der Waals surface area contributed by atoms with E-state index in [1.807, 2.05) is 0 Å². The summed E-state index contributed by atoms with van der Waals surface area (Å²) in [6.45, 7) is 2.04. The Kier molecular flexibility index (Phi) is 3.40. The molecule has 1 rings (SSSR count). The molecule has 1 saturated heterocycles. The van der Waals surface area contributed by atoms with Gasteiger partial charge in [0.1, 0.15) is 0 Å². The van der Waals surface area contributed by atoms with E-state index < -0.39 is 0 Å². The fourth-order valence-corrected chi connectivity index (χ4v) is 1.11. The van der Waals surface area contributed by atoms with E-state index in [-0.39, 0.29) is 0 Å². The zero-order chi connectivity index (χ0) is 7.94. The van der Waals surface area contributed by atoms with E-state index in [9.17, 15) is 4.79 Å². The van der Waals surface area contributed by atoms with Crippen molar-refractivity contribution in [1.29, 1.82) is 0 Å². The number of piperidine rings is 1. The van der Waals surface area contributed by atoms with Crippen LogP contribution in [0.2, 0.25) is 0 Å². The molecule has 0 bridgehead atoms. The molecule has 0 aromatic heterocycles. The number of aliphatic imine (C=N–C) groups is 1. The summed E-state index contributed by atoms with van der Waals surface area (Å²) in [4.78, 5) is 12.8. The average Bonchev–Trinajstić information content (AvgIpc) is 2.07. The Balaban J connectivity index is 2.36. The first-order chi connectivity index (χ1) is 5.43. The van der Waals surface area contributed by atoms with E-state index >= 15 is 0 Å². The van der Waals surface area contributed by atoms with Crippen molar-refractivity contribution in [3.63, 3.8) is 0 Å². The largest absolute Gasteiger partial charge is 0.317 e. The van der Waals surface area contributed by atoms with Gasteiger partial charge in [-0.2, -0.15) is 0 Å². The summed E-state index contributed by atoms with van der Waals surface area (Å²) in [6, 6.07) is 2.43. The number of isocyanates is 1. The second-order valence-electron chi connectivity index (χ2n) is 2.48. The van der Waals surface area contributed by atoms with Crippen molar-refractivity contribution in [2.24, 2.45) is 10.9 Å². The highest BCUT2D eigenvalue weighted by Gasteiger charge is 2.08. The van der Waals surface area contributed by atoms with Crippen LogP contribution in [0, 0.1) is 17.9 Å². The van der Waals surface area contributed by atoms with Gasteiger partial charge in [-0.25, -0.2) is 4.79 Å². The fraction of sp³-hybridized carbons (Fsp3) is 0.625. The average molecular weight is 150 g/mol. The van der Waals surface area contributed by atoms with Gasteiger partial charge < -0.3 is 5.32 Å². The van der Waals surface area contributed by atoms with Crippen molar-refractivity contribution in [2.45, 2.75) is 12.8 Å². The third-order valence-electron chi connectivity index (χ3n) is 1.71. The topological polar surface area (TPSA) is 41.5 Å². The Labute approximate surface area is 65.9 Å². The van der Waals surface area contributed by atoms with E-state index in [0.29, 0.717) is 5.92 Å². The molecule has 0 unspecified atom stereocenters. The molecule has 1 fully saturated rings. The Morgan fingerprint density at radius 2 is 2.09 bits per heavy atom. The van der Waals surface area contributed by atoms with Crippen molar-refractivity contribution >= 4 is 6.08 Å². The molecule has 1 heterocycles. The van der Waals surface area contributed by atoms with Gasteiger partial charge in [0.2, 0.25) is 6.08 Å². The Hall–Kier alpha value is -1.10. The highest BCUT2D eigenvalue weighted by atomic mass is 16.1. The van der Waals surface area contributed by atoms with Crippen LogP contribution in [0.25, 0.3) is 0 Å². The lowest BCUT2D eigenvalue weighted by molar-refractivity contribution is 0.447. The van der Waals surface area contributed by atoms with Crippen LogP contribution < -0.4 is 5.32 Å². The first kappa shape index (κ1) is 8.00. The molecule has 3 nitrogen and oxygen atoms in total. The van der Waals surface area contributed by atoms with E-state index in [2.05, 4.69) is 22.3 Å². The lowest BCUT2D eigenvalue weighted by Crippen LogP contribution is -2.26. The zero-order valence-corrected chi connectivity index (χ0v) is 6.26. The lowest BCUT2D eigenvalue weighted by Gasteiger charge is -2.16. The van der Waals surface area contributed by atoms with E-state index in [1.54, 1.807) is 0 Å². The van der Waals surface area contributed by atoms with Gasteiger partial charge in [-0.05, 0) is 25.9 Å². The monoisotopic (exact) mass is 150 g/mol. The normalized spacial score (nSPS) is 17.8. The molecular weight excluding hydrogens is 140 g/mol. The van der Waals surface area contributed by atoms with Gasteiger partial charge in [0, 0.05) is 12.0 Å². The van der Waals surface area contributed by atoms with Gasteiger partial charge in [0.25, 0.3) is 0 Å². The summed E-state index contributed by atoms with van der Waals surface area (Å²) in [5.41, 5.74) is 0. The van der Waals surface area contributed by atoms with Crippen LogP contribution in [0.3, 0.4) is 0 Å². The molecule has 0 aromatic carbocycles. The minimum Gasteiger partial charge on any atom is -0.317 e. The van der Waals surface area contributed by atoms with Crippen LogP contribution in [-0.2, 0) is 4.79 Å². The SMILES string of the molecule is O=C=NC#CC1CCNCC1. The van der Waals surface area contributed by atoms with Gasteiger partial charge >= 0.3 is 0 Å². The van der Waals surface area contributed by atoms with Gasteiger partial charge in [0.15, 0.2) is 0 Å². The number of nitrogens with one attached hydrogen (secondary N) is 1. The number of carbonyl (C=O) groups excluding carboxylic acids is 1. The summed E-state index contributed by atoms with van der Waals surface area (Å²) >= 11 is 0. The molecule has 0 radical (unpaired) electrons. The highest BCUT2D eigenvalue weighted by molar-refractivity contribution is 5.36. The number of rotatable bonds is 0. The molecular formula is C8H10N2O. The number of nitrogens with zero attached hydrogens (tertiary/aromatic N) is 1. The van der Waals surface area contributed by atoms with Crippen LogP contribution >= 0.6 is 0 Å². The van der Waals surface area contributed by atoms with Crippen molar-refractivity contribution < 1.29 is 4.79 Å². The quantitative estimate of drug-likeness (QED) is 0.306. The third-order valence-corrected chi connectivity index (χ3v) is 1.71. The Bertz CT molecular complexity index is 214. The molecule has 3 heteroatoms. The van der Waals surface area contributed by atoms with Crippen molar-refractivity contribution in [2.75, 3.05) is 13.1 Å². The third kappa shape index (κ3) is 2.99. The first-order valence-corrected chi connectivity index (χ1v) is 3.71. The fourth-order valence-electron chi connectivity index (χ4n) is 1.11. The molecule has 0 aromatic rings. The minimum absolute atomic E-state index is 0.411. The molecule has 11 heavy (non-hydrogen) atoms. The Morgan fingerprint density at radius 3 is 2.73 bits per heavy atom. The van der Waals surface area contributed by atoms with Crippen molar-refractivity contribution in [3.05, 3.63) is 0 Å². The van der Waals surface area contributed by atoms with Crippen molar-refractivity contribution in [3.8, 4) is 12.0 Å². The maximum Gasteiger partial charge on any atom is 0.249 e. The summed E-state index contributed by atoms with van der Waals surface area (Å²) < 4.78 is 0. The highest BCUT2D eigenvalue weighted by Crippen LogP contribution is 2.08. The lowest BCUT2D eigenvalue weighted by atomic mass is 9.99. The van der Waals surface area contributed by atoms with Gasteiger partial charge in [0.05, 0.1) is 0 Å². The van der Waals surface area contributed by atoms with Crippen LogP contribution in [-0.4, -0.2) is 19.2 Å². The van der Waals surface area contributed by atoms with Crippen LogP contribution in [0.4, 0.5) is 0 Å². The molecule has 1 aliphatic rings. The maximum absolute atomic E-state index is 9.64. The van der Waals surface area contributed by atoms with E-state index in [0.717, 1.165) is 25.9 Å². The van der Waals surface area contributed by atoms with Crippen LogP contribution in [0.5, 0.6) is 0 Å². The number of hydrogen-bond donors (Lipinski definition) is 1. The van der Waals surface area contributed by atoms with Gasteiger partial charge in [-0.1, -0.05) is 5.92 Å². The van der Waals surface area contributed by atoms with Crippen LogP contribution in [0.15, 0.2) is 4.99 Å². The standard InChI is InChI=1S/C8H10N2O/c11-7-10-6-3-8-1-4-9-5-2-8/h8-9H,1-2,4-5H2. The number of hydrogen-bond acceptors (Lipinski definition) is 3. The van der Waals surface area contributed by atoms with Crippen LogP contribution in [0.1, 0.15) is 12.8 Å². The molecule has 0 aliphatic carbocycles. The van der Waals surface area contributed by atoms with Crippen molar-refractivity contribution in [1.82, 2.24) is 5.32 Å². The second kappa shape index (κ2) is 4.68. The summed E-state index contributed by atoms with van der Waals surface area (Å²) in [6.07, 6.45) is 3.51.